The molecule has 5 rings (SSSR count). The Bertz CT molecular complexity index is 4130. The van der Waals surface area contributed by atoms with E-state index in [4.69, 9.17) is 57.4 Å². The number of carbonyl (C=O) groups is 15. The number of aliphatic hydroxyl groups excluding tert-OH is 2. The molecule has 5 fully saturated rings. The number of carboxylic acid groups (broad SMARTS) is 3. The topological polar surface area (TPSA) is 624 Å². The number of likely N-dealkylation sites (tertiary alicyclic amines) is 4. The van der Waals surface area contributed by atoms with Gasteiger partial charge in [0.2, 0.25) is 32.7 Å². The van der Waals surface area contributed by atoms with Gasteiger partial charge in [0, 0.05) is 113 Å². The van der Waals surface area contributed by atoms with E-state index in [1.54, 1.807) is 173 Å². The Morgan fingerprint density at radius 2 is 0.635 bits per heavy atom. The molecule has 9 amide bonds. The van der Waals surface area contributed by atoms with E-state index in [-0.39, 0.29) is 138 Å². The van der Waals surface area contributed by atoms with Crippen LogP contribution in [0.5, 0.6) is 0 Å². The van der Waals surface area contributed by atoms with Gasteiger partial charge in [0.05, 0.1) is 64.2 Å². The second kappa shape index (κ2) is 60.6. The molecule has 12 N–H and O–H groups in total. The van der Waals surface area contributed by atoms with Crippen LogP contribution in [0.3, 0.4) is 0 Å². The van der Waals surface area contributed by atoms with Gasteiger partial charge in [-0.25, -0.2) is 51.6 Å². The van der Waals surface area contributed by atoms with Crippen molar-refractivity contribution in [3.8, 4) is 0 Å². The maximum atomic E-state index is 13.3. The summed E-state index contributed by atoms with van der Waals surface area (Å²) >= 11 is 0. The molecule has 0 radical (unpaired) electrons. The first-order valence-corrected chi connectivity index (χ1v) is 46.7. The zero-order valence-electron chi connectivity index (χ0n) is 86.0. The van der Waals surface area contributed by atoms with Gasteiger partial charge < -0.3 is 133 Å². The summed E-state index contributed by atoms with van der Waals surface area (Å²) in [5.41, 5.74) is -6.47. The van der Waals surface area contributed by atoms with Gasteiger partial charge >= 0.3 is 85.1 Å². The molecule has 52 heteroatoms. The van der Waals surface area contributed by atoms with Crippen molar-refractivity contribution in [2.24, 2.45) is 27.1 Å². The van der Waals surface area contributed by atoms with Crippen LogP contribution in [-0.4, -0.2) is 331 Å². The van der Waals surface area contributed by atoms with E-state index >= 15 is 0 Å². The van der Waals surface area contributed by atoms with Crippen LogP contribution in [0.1, 0.15) is 240 Å². The smallest absolute Gasteiger partial charge is 0.870 e. The van der Waals surface area contributed by atoms with Crippen LogP contribution < -0.4 is 50.8 Å². The number of aliphatic carboxylic acids is 3. The average molecular weight is 2550 g/mol. The zero-order valence-corrected chi connectivity index (χ0v) is 98.0. The number of rotatable bonds is 17. The van der Waals surface area contributed by atoms with E-state index in [1.807, 2.05) is 48.0 Å². The number of nitrogens with zero attached hydrogens (tertiary/aromatic N) is 4. The molecule has 5 heterocycles. The molecule has 0 aromatic rings. The Labute approximate surface area is 874 Å². The molecular formula is C85H153Cl2LiN10O34S2W3-2. The minimum Gasteiger partial charge on any atom is -0.870 e. The molecule has 794 valence electrons. The van der Waals surface area contributed by atoms with Gasteiger partial charge in [0.25, 0.3) is 10.1 Å². The Kier molecular flexibility index (Phi) is 64.7. The Morgan fingerprint density at radius 3 is 0.861 bits per heavy atom. The molecule has 0 aromatic carbocycles. The molecule has 5 saturated heterocycles. The molecule has 13 atom stereocenters. The van der Waals surface area contributed by atoms with Crippen molar-refractivity contribution in [1.82, 2.24) is 51.5 Å². The molecule has 0 spiro atoms. The van der Waals surface area contributed by atoms with Crippen molar-refractivity contribution in [1.29, 1.82) is 0 Å². The second-order valence-corrected chi connectivity index (χ2v) is 46.6. The van der Waals surface area contributed by atoms with Crippen molar-refractivity contribution >= 4 is 132 Å². The van der Waals surface area contributed by atoms with Crippen LogP contribution in [0.4, 0.5) is 24.0 Å². The van der Waals surface area contributed by atoms with E-state index in [1.165, 1.54) is 40.9 Å². The summed E-state index contributed by atoms with van der Waals surface area (Å²) in [5, 5.41) is 60.7. The number of esters is 3. The number of hydrogen-bond acceptors (Lipinski definition) is 32. The standard InChI is InChI=1S/C18H32N2O8S.C17H30N2O6.C17H29N2O5.C16H27N2O5.C11H21NO4.C5H9NO3.CH3ClO2S.ClH.Li.H2O.3W/c1-17(2,3)13(19-16(23)27-18(4,5)6)14(21)20-10-11(28-29(8,24)25)9-12(20)15(22)26-7;1-16(2,3)12(18-15(23)25-17(4,5)6)13(21)19-9-10(20)8-11(19)14(22)24-7;1-16(2,3)12(18-15(22)24-17(4,5)6)13(20)19-10-8-9-11(19)14(21)23-7;1-15(2,3)11(17-14(22)23-16(4,5)6)12(19)18-9-7-8-10(18)13(20)21;1-10(2,3)7(8(13)14)12-9(15)16-11(4,5)6;7-3-1-4(5(8)9)6-2-3;1-5(2,3)4;;;;;;/h11-13H,9-10H2,1-8H3,(H,19,23);10-12,20H,8-9H2,1-7H3,(H,18,23);8,11-12H,9-10H2,1-7H3,(H,18,22);7,10-11H,8-9H2,1-6H3,(H,17,22)(H,20,21);7H,1-6H3,(H,12,15)(H,13,14);3-4,6-7H,1-2H2,(H,8,9);1H3;1H;;1H2;;;/q;;2*-1;;;;;+1;;;;/p-1/t11-,12-,13+;10-,11-,12+;11-,12+;10-,11+;;3-,4-;;;;;;;/m0000.0......./s1. The number of carboxylic acids is 3. The SMILES string of the molecule is CC(C)(C)OC(=O)NC(C(=O)O)C(C)(C)C.CC(C)(C)OC(=O)N[C@H](C(=O)N1C[CH-]C[C@H]1C(=O)O)C(C)(C)C.COC(=O)[C@@H]1C[C@H](O)CN1C(=O)[C@@H](NC(=O)OC(C)(C)C)C(C)(C)C.COC(=O)[C@@H]1C[C@H](OS(C)(=O)=O)CN1C(=O)[C@@H](NC(=O)OC(C)(C)C)C(C)(C)C.COC(=O)[C@@H]1C[CH-]CN1C(=O)[C@@H](NC(=O)OC(C)(C)C)C(C)(C)C.CS(=O)(=O)Cl.Cl.O=C(O)[C@@H]1C[C@H](O)CN1.[Li+].[OH-].[W].[W].[W]. The molecule has 0 saturated carbocycles. The number of halogens is 2. The molecular weight excluding hydrogens is 2400 g/mol. The predicted molar refractivity (Wildman–Crippen MR) is 489 cm³/mol. The third-order valence-electron chi connectivity index (χ3n) is 18.1. The minimum atomic E-state index is -3.78. The number of ether oxygens (including phenoxy) is 8. The van der Waals surface area contributed by atoms with Crippen LogP contribution in [0.25, 0.3) is 0 Å². The molecule has 137 heavy (non-hydrogen) atoms. The van der Waals surface area contributed by atoms with E-state index in [9.17, 15) is 99.0 Å². The average Bonchev–Trinajstić information content (AvgIpc) is 1.68. The van der Waals surface area contributed by atoms with Gasteiger partial charge in [0.1, 0.15) is 76.3 Å². The van der Waals surface area contributed by atoms with E-state index in [0.29, 0.717) is 32.4 Å². The third-order valence-corrected chi connectivity index (χ3v) is 18.8. The normalized spacial score (nSPS) is 19.8. The number of methoxy groups -OCH3 is 3. The Hall–Kier alpha value is -6.01. The first-order valence-electron chi connectivity index (χ1n) is 42.1. The van der Waals surface area contributed by atoms with Crippen molar-refractivity contribution in [3.05, 3.63) is 12.8 Å². The van der Waals surface area contributed by atoms with Crippen molar-refractivity contribution in [2.75, 3.05) is 66.6 Å². The summed E-state index contributed by atoms with van der Waals surface area (Å²) < 4.78 is 86.9. The largest absolute Gasteiger partial charge is 1.00 e. The molecule has 0 bridgehead atoms. The van der Waals surface area contributed by atoms with Gasteiger partial charge in [-0.3, -0.25) is 33.0 Å². The first-order chi connectivity index (χ1) is 58.5. The van der Waals surface area contributed by atoms with Gasteiger partial charge in [-0.2, -0.15) is 8.42 Å². The zero-order chi connectivity index (χ0) is 104. The second-order valence-electron chi connectivity index (χ2n) is 42.0. The summed E-state index contributed by atoms with van der Waals surface area (Å²) in [6.45, 7) is 53.6. The van der Waals surface area contributed by atoms with Gasteiger partial charge in [-0.05, 0) is 131 Å². The fourth-order valence-corrected chi connectivity index (χ4v) is 13.0. The monoisotopic (exact) mass is 2550 g/mol. The number of carbonyl (C=O) groups excluding carboxylic acids is 12. The summed E-state index contributed by atoms with van der Waals surface area (Å²) in [5.74, 6) is -6.48. The number of nitrogens with one attached hydrogen (secondary N) is 6. The number of β-amino-alcohol motifs (C(OH)–C–C–N with tert-alkyl or cyclic N) is 2. The molecule has 5 aliphatic heterocycles. The number of alkyl carbamates (subject to hydrolysis) is 5. The Morgan fingerprint density at radius 1 is 0.387 bits per heavy atom. The number of amides is 9. The molecule has 0 aliphatic carbocycles. The van der Waals surface area contributed by atoms with Crippen LogP contribution in [0, 0.1) is 39.9 Å². The molecule has 1 unspecified atom stereocenters. The van der Waals surface area contributed by atoms with E-state index in [2.05, 4.69) is 42.6 Å². The van der Waals surface area contributed by atoms with Crippen LogP contribution >= 0.6 is 23.1 Å². The van der Waals surface area contributed by atoms with Gasteiger partial charge in [-0.1, -0.05) is 104 Å². The molecule has 5 aliphatic rings. The maximum Gasteiger partial charge on any atom is 1.00 e. The van der Waals surface area contributed by atoms with Crippen molar-refractivity contribution in [3.63, 3.8) is 0 Å². The van der Waals surface area contributed by atoms with Crippen LogP contribution in [-0.2, 0) is 172 Å². The number of hydrogen-bond donors (Lipinski definition) is 11. The van der Waals surface area contributed by atoms with E-state index in [0.717, 1.165) is 12.5 Å². The Balaban J connectivity index is -0.000000243. The fraction of sp³-hybridized carbons (Fsp3) is 0.800. The fourth-order valence-electron chi connectivity index (χ4n) is 12.4. The van der Waals surface area contributed by atoms with Crippen LogP contribution in [0.2, 0.25) is 0 Å². The van der Waals surface area contributed by atoms with Gasteiger partial charge in [0.15, 0.2) is 0 Å². The predicted octanol–water partition coefficient (Wildman–Crippen LogP) is 4.06. The summed E-state index contributed by atoms with van der Waals surface area (Å²) in [7, 11) is 1.23. The quantitative estimate of drug-likeness (QED) is 0.0244. The maximum absolute atomic E-state index is 13.3. The summed E-state index contributed by atoms with van der Waals surface area (Å²) in [6, 6.07) is -8.55. The van der Waals surface area contributed by atoms with Crippen LogP contribution in [0.15, 0.2) is 0 Å². The van der Waals surface area contributed by atoms with Crippen molar-refractivity contribution in [2.45, 2.75) is 347 Å². The minimum absolute atomic E-state index is 0. The van der Waals surface area contributed by atoms with Gasteiger partial charge in [-0.15, -0.1) is 38.3 Å². The molecule has 0 aromatic heterocycles. The number of aliphatic hydroxyl groups is 2. The first kappa shape index (κ1) is 146. The van der Waals surface area contributed by atoms with Crippen molar-refractivity contribution < 1.29 is 244 Å². The summed E-state index contributed by atoms with van der Waals surface area (Å²) in [6.07, 6.45) is 0.861. The molecule has 44 nitrogen and oxygen atoms in total. The third kappa shape index (κ3) is 59.6. The van der Waals surface area contributed by atoms with E-state index < -0.39 is 237 Å². The summed E-state index contributed by atoms with van der Waals surface area (Å²) in [4.78, 5) is 186.